The quantitative estimate of drug-likeness (QED) is 0.878. The van der Waals surface area contributed by atoms with Crippen molar-refractivity contribution in [2.75, 3.05) is 0 Å². The third-order valence-corrected chi connectivity index (χ3v) is 7.95. The smallest absolute Gasteiger partial charge is 0.156 e. The number of hydrogen-bond donors (Lipinski definition) is 1. The standard InChI is InChI=1S/C17H19NO3S/c19-17(9-15-2-1-3-16(10-17)22(15,20)21)14-5-4-13-11-18-7-6-12(13)8-14/h4-8,11,15-16,19H,1-3,9-10H2. The van der Waals surface area contributed by atoms with Gasteiger partial charge in [0.2, 0.25) is 0 Å². The molecule has 2 aliphatic rings. The molecule has 4 nitrogen and oxygen atoms in total. The summed E-state index contributed by atoms with van der Waals surface area (Å²) in [6.07, 6.45) is 6.48. The number of aromatic nitrogens is 1. The summed E-state index contributed by atoms with van der Waals surface area (Å²) >= 11 is 0. The summed E-state index contributed by atoms with van der Waals surface area (Å²) in [5.74, 6) is 0. The molecule has 2 saturated heterocycles. The second-order valence-electron chi connectivity index (χ2n) is 6.64. The minimum atomic E-state index is -3.06. The van der Waals surface area contributed by atoms with Crippen LogP contribution in [0.5, 0.6) is 0 Å². The van der Waals surface area contributed by atoms with Gasteiger partial charge in [-0.3, -0.25) is 4.98 Å². The first-order valence-electron chi connectivity index (χ1n) is 7.78. The van der Waals surface area contributed by atoms with Crippen molar-refractivity contribution < 1.29 is 13.5 Å². The molecule has 0 radical (unpaired) electrons. The van der Waals surface area contributed by atoms with Gasteiger partial charge < -0.3 is 5.11 Å². The van der Waals surface area contributed by atoms with Crippen LogP contribution in [0.1, 0.15) is 37.7 Å². The van der Waals surface area contributed by atoms with Gasteiger partial charge in [-0.2, -0.15) is 0 Å². The van der Waals surface area contributed by atoms with E-state index in [4.69, 9.17) is 0 Å². The van der Waals surface area contributed by atoms with Gasteiger partial charge in [0.15, 0.2) is 9.84 Å². The van der Waals surface area contributed by atoms with E-state index in [0.29, 0.717) is 25.7 Å². The SMILES string of the molecule is O=S1(=O)C2CCCC1CC(O)(c1ccc3cnccc3c1)C2. The fraction of sp³-hybridized carbons (Fsp3) is 0.471. The summed E-state index contributed by atoms with van der Waals surface area (Å²) in [5, 5.41) is 12.4. The van der Waals surface area contributed by atoms with Gasteiger partial charge in [0.25, 0.3) is 0 Å². The second kappa shape index (κ2) is 4.77. The molecule has 5 heteroatoms. The normalized spacial score (nSPS) is 33.7. The van der Waals surface area contributed by atoms with Crippen LogP contribution in [0.3, 0.4) is 0 Å². The van der Waals surface area contributed by atoms with Gasteiger partial charge in [-0.05, 0) is 48.8 Å². The van der Waals surface area contributed by atoms with E-state index in [1.54, 1.807) is 12.4 Å². The molecular formula is C17H19NO3S. The average molecular weight is 317 g/mol. The van der Waals surface area contributed by atoms with Gasteiger partial charge in [0.1, 0.15) is 0 Å². The minimum Gasteiger partial charge on any atom is -0.385 e. The van der Waals surface area contributed by atoms with Gasteiger partial charge in [-0.15, -0.1) is 0 Å². The summed E-state index contributed by atoms with van der Waals surface area (Å²) in [7, 11) is -3.06. The Kier molecular flexibility index (Phi) is 3.07. The predicted molar refractivity (Wildman–Crippen MR) is 85.2 cm³/mol. The first kappa shape index (κ1) is 14.2. The molecule has 116 valence electrons. The Morgan fingerprint density at radius 2 is 1.82 bits per heavy atom. The van der Waals surface area contributed by atoms with E-state index in [9.17, 15) is 13.5 Å². The molecule has 2 atom stereocenters. The summed E-state index contributed by atoms with van der Waals surface area (Å²) in [4.78, 5) is 4.10. The average Bonchev–Trinajstić information content (AvgIpc) is 2.48. The number of fused-ring (bicyclic) bond motifs is 3. The fourth-order valence-electron chi connectivity index (χ4n) is 4.06. The Labute approximate surface area is 130 Å². The van der Waals surface area contributed by atoms with Crippen LogP contribution >= 0.6 is 0 Å². The summed E-state index contributed by atoms with van der Waals surface area (Å²) in [6, 6.07) is 7.76. The van der Waals surface area contributed by atoms with Crippen molar-refractivity contribution in [1.29, 1.82) is 0 Å². The molecule has 0 saturated carbocycles. The number of benzene rings is 1. The molecule has 1 N–H and O–H groups in total. The molecule has 2 unspecified atom stereocenters. The van der Waals surface area contributed by atoms with E-state index in [1.807, 2.05) is 24.3 Å². The van der Waals surface area contributed by atoms with Crippen LogP contribution in [0.25, 0.3) is 10.8 Å². The van der Waals surface area contributed by atoms with E-state index in [-0.39, 0.29) is 0 Å². The molecule has 2 aromatic rings. The highest BCUT2D eigenvalue weighted by Crippen LogP contribution is 2.46. The maximum Gasteiger partial charge on any atom is 0.156 e. The lowest BCUT2D eigenvalue weighted by molar-refractivity contribution is 0.00513. The second-order valence-corrected chi connectivity index (χ2v) is 9.15. The maximum atomic E-state index is 12.4. The van der Waals surface area contributed by atoms with E-state index < -0.39 is 25.9 Å². The summed E-state index contributed by atoms with van der Waals surface area (Å²) in [6.45, 7) is 0. The molecule has 3 heterocycles. The van der Waals surface area contributed by atoms with Gasteiger partial charge in [0.05, 0.1) is 16.1 Å². The Bertz CT molecular complexity index is 811. The molecule has 2 aliphatic heterocycles. The van der Waals surface area contributed by atoms with Crippen molar-refractivity contribution in [2.24, 2.45) is 0 Å². The molecule has 2 bridgehead atoms. The van der Waals surface area contributed by atoms with Crippen LogP contribution in [0, 0.1) is 0 Å². The largest absolute Gasteiger partial charge is 0.385 e. The maximum absolute atomic E-state index is 12.4. The first-order chi connectivity index (χ1) is 10.5. The highest BCUT2D eigenvalue weighted by molar-refractivity contribution is 7.92. The number of aliphatic hydroxyl groups is 1. The summed E-state index contributed by atoms with van der Waals surface area (Å²) in [5.41, 5.74) is -0.198. The molecule has 4 rings (SSSR count). The zero-order chi connectivity index (χ0) is 15.4. The van der Waals surface area contributed by atoms with Gasteiger partial charge >= 0.3 is 0 Å². The lowest BCUT2D eigenvalue weighted by Crippen LogP contribution is -2.50. The molecule has 0 aliphatic carbocycles. The Balaban J connectivity index is 1.77. The Hall–Kier alpha value is -1.46. The van der Waals surface area contributed by atoms with Crippen molar-refractivity contribution in [2.45, 2.75) is 48.2 Å². The number of sulfone groups is 1. The minimum absolute atomic E-state index is 0.322. The molecule has 1 aromatic carbocycles. The molecule has 0 spiro atoms. The van der Waals surface area contributed by atoms with E-state index in [0.717, 1.165) is 22.8 Å². The number of rotatable bonds is 1. The van der Waals surface area contributed by atoms with Crippen molar-refractivity contribution in [1.82, 2.24) is 4.98 Å². The molecular weight excluding hydrogens is 298 g/mol. The Morgan fingerprint density at radius 1 is 1.09 bits per heavy atom. The van der Waals surface area contributed by atoms with Crippen LogP contribution in [0.2, 0.25) is 0 Å². The Morgan fingerprint density at radius 3 is 2.55 bits per heavy atom. The molecule has 0 amide bonds. The zero-order valence-corrected chi connectivity index (χ0v) is 13.1. The highest BCUT2D eigenvalue weighted by atomic mass is 32.2. The van der Waals surface area contributed by atoms with Crippen LogP contribution in [-0.2, 0) is 15.4 Å². The monoisotopic (exact) mass is 317 g/mol. The van der Waals surface area contributed by atoms with Crippen molar-refractivity contribution >= 4 is 20.6 Å². The van der Waals surface area contributed by atoms with Crippen LogP contribution in [-0.4, -0.2) is 29.0 Å². The van der Waals surface area contributed by atoms with Gasteiger partial charge in [-0.1, -0.05) is 18.6 Å². The third kappa shape index (κ3) is 2.07. The number of pyridine rings is 1. The zero-order valence-electron chi connectivity index (χ0n) is 12.3. The van der Waals surface area contributed by atoms with Crippen molar-refractivity contribution in [3.05, 3.63) is 42.2 Å². The predicted octanol–water partition coefficient (Wildman–Crippen LogP) is 2.55. The van der Waals surface area contributed by atoms with Gasteiger partial charge in [-0.25, -0.2) is 8.42 Å². The third-order valence-electron chi connectivity index (χ3n) is 5.29. The van der Waals surface area contributed by atoms with Gasteiger partial charge in [0, 0.05) is 17.8 Å². The molecule has 2 fully saturated rings. The van der Waals surface area contributed by atoms with Crippen LogP contribution < -0.4 is 0 Å². The van der Waals surface area contributed by atoms with Crippen molar-refractivity contribution in [3.63, 3.8) is 0 Å². The highest BCUT2D eigenvalue weighted by Gasteiger charge is 2.50. The van der Waals surface area contributed by atoms with E-state index in [2.05, 4.69) is 4.98 Å². The first-order valence-corrected chi connectivity index (χ1v) is 9.39. The lowest BCUT2D eigenvalue weighted by atomic mass is 9.80. The van der Waals surface area contributed by atoms with Crippen LogP contribution in [0.15, 0.2) is 36.7 Å². The summed E-state index contributed by atoms with van der Waals surface area (Å²) < 4.78 is 24.8. The number of hydrogen-bond acceptors (Lipinski definition) is 4. The molecule has 1 aromatic heterocycles. The van der Waals surface area contributed by atoms with E-state index >= 15 is 0 Å². The topological polar surface area (TPSA) is 67.3 Å². The lowest BCUT2D eigenvalue weighted by Gasteiger charge is -2.44. The van der Waals surface area contributed by atoms with Crippen molar-refractivity contribution in [3.8, 4) is 0 Å². The fourth-order valence-corrected chi connectivity index (χ4v) is 6.61. The molecule has 22 heavy (non-hydrogen) atoms. The number of nitrogens with zero attached hydrogens (tertiary/aromatic N) is 1. The van der Waals surface area contributed by atoms with E-state index in [1.165, 1.54) is 0 Å². The van der Waals surface area contributed by atoms with Crippen LogP contribution in [0.4, 0.5) is 0 Å².